The van der Waals surface area contributed by atoms with Crippen molar-refractivity contribution >= 4 is 11.6 Å². The van der Waals surface area contributed by atoms with Crippen LogP contribution in [0.1, 0.15) is 23.9 Å². The summed E-state index contributed by atoms with van der Waals surface area (Å²) in [6, 6.07) is 8.00. The highest BCUT2D eigenvalue weighted by atomic mass is 35.5. The lowest BCUT2D eigenvalue weighted by atomic mass is 10.0. The average molecular weight is 308 g/mol. The third kappa shape index (κ3) is 3.77. The number of nitrogens with zero attached hydrogens (tertiary/aromatic N) is 2. The number of nitrogens with two attached hydrogens (primary N) is 1. The second kappa shape index (κ2) is 6.96. The number of benzene rings is 1. The highest BCUT2D eigenvalue weighted by molar-refractivity contribution is 6.31. The Bertz CT molecular complexity index is 592. The molecule has 4 nitrogen and oxygen atoms in total. The maximum atomic E-state index is 6.36. The Balaban J connectivity index is 2.04. The van der Waals surface area contributed by atoms with E-state index in [9.17, 15) is 0 Å². The molecule has 0 aliphatic carbocycles. The van der Waals surface area contributed by atoms with Crippen LogP contribution in [0, 0.1) is 0 Å². The minimum Gasteiger partial charge on any atom is -0.497 e. The molecule has 2 rings (SSSR count). The molecule has 114 valence electrons. The molecule has 0 aliphatic heterocycles. The van der Waals surface area contributed by atoms with Crippen LogP contribution in [-0.4, -0.2) is 22.9 Å². The average Bonchev–Trinajstić information content (AvgIpc) is 2.75. The van der Waals surface area contributed by atoms with Gasteiger partial charge in [-0.3, -0.25) is 4.68 Å². The van der Waals surface area contributed by atoms with Gasteiger partial charge in [-0.1, -0.05) is 30.7 Å². The third-order valence-electron chi connectivity index (χ3n) is 3.62. The molecule has 1 aromatic carbocycles. The van der Waals surface area contributed by atoms with Gasteiger partial charge in [0.2, 0.25) is 0 Å². The minimum absolute atomic E-state index is 0.0102. The maximum Gasteiger partial charge on any atom is 0.118 e. The van der Waals surface area contributed by atoms with Crippen molar-refractivity contribution in [1.82, 2.24) is 9.78 Å². The summed E-state index contributed by atoms with van der Waals surface area (Å²) >= 11 is 6.36. The van der Waals surface area contributed by atoms with E-state index in [0.717, 1.165) is 35.0 Å². The van der Waals surface area contributed by atoms with Crippen LogP contribution in [0.3, 0.4) is 0 Å². The molecule has 0 saturated heterocycles. The zero-order valence-corrected chi connectivity index (χ0v) is 13.5. The molecular weight excluding hydrogens is 286 g/mol. The first-order chi connectivity index (χ1) is 10.0. The van der Waals surface area contributed by atoms with Gasteiger partial charge < -0.3 is 10.5 Å². The van der Waals surface area contributed by atoms with Crippen LogP contribution in [-0.2, 0) is 26.3 Å². The molecule has 0 radical (unpaired) electrons. The van der Waals surface area contributed by atoms with E-state index in [1.807, 2.05) is 36.0 Å². The molecule has 1 atom stereocenters. The highest BCUT2D eigenvalue weighted by Gasteiger charge is 2.16. The van der Waals surface area contributed by atoms with E-state index < -0.39 is 0 Å². The van der Waals surface area contributed by atoms with Crippen molar-refractivity contribution in [2.45, 2.75) is 32.2 Å². The molecule has 2 N–H and O–H groups in total. The van der Waals surface area contributed by atoms with Gasteiger partial charge >= 0.3 is 0 Å². The van der Waals surface area contributed by atoms with Crippen LogP contribution in [0.4, 0.5) is 0 Å². The van der Waals surface area contributed by atoms with Crippen LogP contribution < -0.4 is 10.5 Å². The van der Waals surface area contributed by atoms with E-state index in [1.165, 1.54) is 5.56 Å². The van der Waals surface area contributed by atoms with Crippen LogP contribution in [0.25, 0.3) is 0 Å². The molecular formula is C16H22ClN3O. The number of hydrogen-bond donors (Lipinski definition) is 1. The predicted octanol–water partition coefficient (Wildman–Crippen LogP) is 2.76. The fourth-order valence-electron chi connectivity index (χ4n) is 2.43. The minimum atomic E-state index is 0.0102. The van der Waals surface area contributed by atoms with Gasteiger partial charge in [0, 0.05) is 19.5 Å². The number of halogens is 1. The largest absolute Gasteiger partial charge is 0.497 e. The highest BCUT2D eigenvalue weighted by Crippen LogP contribution is 2.22. The summed E-state index contributed by atoms with van der Waals surface area (Å²) < 4.78 is 7.00. The summed E-state index contributed by atoms with van der Waals surface area (Å²) in [6.45, 7) is 2.05. The molecule has 1 heterocycles. The van der Waals surface area contributed by atoms with Gasteiger partial charge in [0.15, 0.2) is 0 Å². The molecule has 1 aromatic heterocycles. The molecule has 5 heteroatoms. The lowest BCUT2D eigenvalue weighted by molar-refractivity contribution is 0.414. The summed E-state index contributed by atoms with van der Waals surface area (Å²) in [6.07, 6.45) is 2.35. The fraction of sp³-hybridized carbons (Fsp3) is 0.438. The smallest absolute Gasteiger partial charge is 0.118 e. The normalized spacial score (nSPS) is 12.4. The van der Waals surface area contributed by atoms with Crippen LogP contribution in [0.15, 0.2) is 24.3 Å². The van der Waals surface area contributed by atoms with Crippen molar-refractivity contribution in [2.75, 3.05) is 7.11 Å². The summed E-state index contributed by atoms with van der Waals surface area (Å²) in [5.41, 5.74) is 9.40. The number of aryl methyl sites for hydroxylation is 2. The molecule has 0 bridgehead atoms. The zero-order chi connectivity index (χ0) is 15.4. The van der Waals surface area contributed by atoms with E-state index in [1.54, 1.807) is 7.11 Å². The number of hydrogen-bond acceptors (Lipinski definition) is 3. The molecule has 21 heavy (non-hydrogen) atoms. The standard InChI is InChI=1S/C16H22ClN3O/c1-4-14-16(17)15(20(2)19-14)10-12(18)9-11-5-7-13(21-3)8-6-11/h5-8,12H,4,9-10,18H2,1-3H3. The first-order valence-electron chi connectivity index (χ1n) is 7.13. The van der Waals surface area contributed by atoms with Crippen LogP contribution in [0.2, 0.25) is 5.02 Å². The van der Waals surface area contributed by atoms with Gasteiger partial charge in [-0.25, -0.2) is 0 Å². The second-order valence-electron chi connectivity index (χ2n) is 5.20. The third-order valence-corrected chi connectivity index (χ3v) is 4.05. The van der Waals surface area contributed by atoms with E-state index >= 15 is 0 Å². The molecule has 0 spiro atoms. The quantitative estimate of drug-likeness (QED) is 0.893. The first-order valence-corrected chi connectivity index (χ1v) is 7.51. The van der Waals surface area contributed by atoms with E-state index in [-0.39, 0.29) is 6.04 Å². The Hall–Kier alpha value is -1.52. The van der Waals surface area contributed by atoms with Gasteiger partial charge in [-0.15, -0.1) is 0 Å². The van der Waals surface area contributed by atoms with Crippen LogP contribution >= 0.6 is 11.6 Å². The molecule has 2 aromatic rings. The second-order valence-corrected chi connectivity index (χ2v) is 5.58. The summed E-state index contributed by atoms with van der Waals surface area (Å²) in [5.74, 6) is 0.856. The van der Waals surface area contributed by atoms with Gasteiger partial charge in [0.1, 0.15) is 5.75 Å². The van der Waals surface area contributed by atoms with Gasteiger partial charge in [0.05, 0.1) is 23.5 Å². The van der Waals surface area contributed by atoms with Gasteiger partial charge in [-0.05, 0) is 30.5 Å². The van der Waals surface area contributed by atoms with E-state index in [4.69, 9.17) is 22.1 Å². The van der Waals surface area contributed by atoms with Gasteiger partial charge in [-0.2, -0.15) is 5.10 Å². The number of rotatable bonds is 6. The molecule has 0 aliphatic rings. The number of ether oxygens (including phenoxy) is 1. The first kappa shape index (κ1) is 15.9. The fourth-order valence-corrected chi connectivity index (χ4v) is 2.80. The Morgan fingerprint density at radius 2 is 1.95 bits per heavy atom. The number of methoxy groups -OCH3 is 1. The lowest BCUT2D eigenvalue weighted by Crippen LogP contribution is -2.26. The van der Waals surface area contributed by atoms with Crippen molar-refractivity contribution in [3.63, 3.8) is 0 Å². The summed E-state index contributed by atoms with van der Waals surface area (Å²) in [7, 11) is 3.58. The summed E-state index contributed by atoms with van der Waals surface area (Å²) in [5, 5.41) is 5.18. The van der Waals surface area contributed by atoms with Gasteiger partial charge in [0.25, 0.3) is 0 Å². The lowest BCUT2D eigenvalue weighted by Gasteiger charge is -2.12. The predicted molar refractivity (Wildman–Crippen MR) is 86.0 cm³/mol. The molecule has 0 fully saturated rings. The van der Waals surface area contributed by atoms with Crippen molar-refractivity contribution < 1.29 is 4.74 Å². The molecule has 0 amide bonds. The number of aromatic nitrogens is 2. The van der Waals surface area contributed by atoms with Crippen LogP contribution in [0.5, 0.6) is 5.75 Å². The Morgan fingerprint density at radius 3 is 2.48 bits per heavy atom. The topological polar surface area (TPSA) is 53.1 Å². The Labute approximate surface area is 130 Å². The molecule has 1 unspecified atom stereocenters. The monoisotopic (exact) mass is 307 g/mol. The van der Waals surface area contributed by atoms with Crippen molar-refractivity contribution in [3.05, 3.63) is 46.2 Å². The zero-order valence-electron chi connectivity index (χ0n) is 12.8. The Kier molecular flexibility index (Phi) is 5.26. The SMILES string of the molecule is CCc1nn(C)c(CC(N)Cc2ccc(OC)cc2)c1Cl. The molecule has 0 saturated carbocycles. The van der Waals surface area contributed by atoms with Crippen molar-refractivity contribution in [3.8, 4) is 5.75 Å². The van der Waals surface area contributed by atoms with E-state index in [0.29, 0.717) is 6.42 Å². The van der Waals surface area contributed by atoms with E-state index in [2.05, 4.69) is 12.0 Å². The Morgan fingerprint density at radius 1 is 1.29 bits per heavy atom. The maximum absolute atomic E-state index is 6.36. The van der Waals surface area contributed by atoms with Crippen molar-refractivity contribution in [1.29, 1.82) is 0 Å². The van der Waals surface area contributed by atoms with Crippen molar-refractivity contribution in [2.24, 2.45) is 12.8 Å². The summed E-state index contributed by atoms with van der Waals surface area (Å²) in [4.78, 5) is 0.